The number of benzene rings is 1. The Morgan fingerprint density at radius 1 is 0.750 bits per heavy atom. The highest BCUT2D eigenvalue weighted by Crippen LogP contribution is 2.13. The normalized spacial score (nSPS) is 13.7. The van der Waals surface area contributed by atoms with Crippen LogP contribution in [-0.2, 0) is 13.0 Å². The van der Waals surface area contributed by atoms with E-state index in [0.717, 1.165) is 12.8 Å². The van der Waals surface area contributed by atoms with E-state index < -0.39 is 6.61 Å². The molecule has 0 spiro atoms. The molecule has 1 aromatic carbocycles. The van der Waals surface area contributed by atoms with E-state index in [4.69, 9.17) is 5.48 Å². The number of hydrogen-bond donors (Lipinski definition) is 1. The topological polar surface area (TPSA) is 20.2 Å². The van der Waals surface area contributed by atoms with Crippen molar-refractivity contribution in [1.29, 1.82) is 0 Å². The molecule has 0 aliphatic heterocycles. The van der Waals surface area contributed by atoms with Crippen molar-refractivity contribution in [1.82, 2.24) is 0 Å². The van der Waals surface area contributed by atoms with Crippen molar-refractivity contribution in [3.63, 3.8) is 0 Å². The summed E-state index contributed by atoms with van der Waals surface area (Å²) in [5.74, 6) is 0. The minimum atomic E-state index is -0.450. The molecular weight excluding hydrogens is 244 g/mol. The van der Waals surface area contributed by atoms with Crippen LogP contribution in [0, 0.1) is 0 Å². The molecule has 0 saturated heterocycles. The standard InChI is InChI=1S/C19H32O/c1-2-3-4-5-6-7-8-9-10-11-12-18-13-15-19(17-20)16-14-18/h13-16,20H,2-12,17H2,1H3/i13D,14D,15D,16D. The van der Waals surface area contributed by atoms with Gasteiger partial charge in [-0.05, 0) is 24.0 Å². The zero-order chi connectivity index (χ0) is 17.9. The molecule has 1 aromatic rings. The van der Waals surface area contributed by atoms with Crippen LogP contribution < -0.4 is 0 Å². The first kappa shape index (κ1) is 11.8. The maximum absolute atomic E-state index is 9.20. The zero-order valence-corrected chi connectivity index (χ0v) is 12.9. The van der Waals surface area contributed by atoms with E-state index in [2.05, 4.69) is 6.92 Å². The van der Waals surface area contributed by atoms with Crippen molar-refractivity contribution in [2.75, 3.05) is 0 Å². The summed E-state index contributed by atoms with van der Waals surface area (Å²) in [5.41, 5.74) is 0.582. The lowest BCUT2D eigenvalue weighted by Crippen LogP contribution is -1.88. The molecule has 0 aromatic heterocycles. The third-order valence-corrected chi connectivity index (χ3v) is 3.67. The fourth-order valence-corrected chi connectivity index (χ4v) is 2.36. The number of hydrogen-bond acceptors (Lipinski definition) is 1. The molecule has 0 heterocycles. The smallest absolute Gasteiger partial charge is 0.0681 e. The number of rotatable bonds is 12. The van der Waals surface area contributed by atoms with E-state index >= 15 is 0 Å². The second kappa shape index (κ2) is 12.0. The maximum Gasteiger partial charge on any atom is 0.0681 e. The Balaban J connectivity index is 2.33. The molecule has 0 unspecified atom stereocenters. The van der Waals surface area contributed by atoms with Crippen LogP contribution in [0.5, 0.6) is 0 Å². The largest absolute Gasteiger partial charge is 0.392 e. The molecule has 0 aliphatic rings. The van der Waals surface area contributed by atoms with Gasteiger partial charge in [0.1, 0.15) is 0 Å². The second-order valence-corrected chi connectivity index (χ2v) is 5.55. The summed E-state index contributed by atoms with van der Waals surface area (Å²) < 4.78 is 31.7. The molecule has 0 bridgehead atoms. The molecule has 1 nitrogen and oxygen atoms in total. The van der Waals surface area contributed by atoms with E-state index in [1.165, 1.54) is 51.4 Å². The molecule has 1 rings (SSSR count). The Kier molecular flexibility index (Phi) is 7.06. The molecule has 0 saturated carbocycles. The summed E-state index contributed by atoms with van der Waals surface area (Å²) in [5, 5.41) is 9.20. The van der Waals surface area contributed by atoms with Crippen LogP contribution in [0.4, 0.5) is 0 Å². The Morgan fingerprint density at radius 2 is 1.20 bits per heavy atom. The molecular formula is C19H32O. The number of unbranched alkanes of at least 4 members (excludes halogenated alkanes) is 9. The van der Waals surface area contributed by atoms with Gasteiger partial charge in [-0.1, -0.05) is 88.9 Å². The molecule has 1 heteroatoms. The predicted molar refractivity (Wildman–Crippen MR) is 87.9 cm³/mol. The van der Waals surface area contributed by atoms with E-state index in [-0.39, 0.29) is 29.7 Å². The van der Waals surface area contributed by atoms with Crippen LogP contribution in [-0.4, -0.2) is 5.11 Å². The number of aliphatic hydroxyl groups excluding tert-OH is 1. The van der Waals surface area contributed by atoms with Crippen LogP contribution in [0.15, 0.2) is 24.2 Å². The van der Waals surface area contributed by atoms with Gasteiger partial charge in [-0.3, -0.25) is 0 Å². The lowest BCUT2D eigenvalue weighted by atomic mass is 10.0. The lowest BCUT2D eigenvalue weighted by Gasteiger charge is -2.04. The molecule has 1 N–H and O–H groups in total. The van der Waals surface area contributed by atoms with Gasteiger partial charge < -0.3 is 5.11 Å². The Morgan fingerprint density at radius 3 is 1.70 bits per heavy atom. The Bertz CT molecular complexity index is 474. The highest BCUT2D eigenvalue weighted by molar-refractivity contribution is 5.21. The first-order chi connectivity index (χ1) is 11.5. The lowest BCUT2D eigenvalue weighted by molar-refractivity contribution is 0.282. The Labute approximate surface area is 131 Å². The molecule has 0 aliphatic carbocycles. The van der Waals surface area contributed by atoms with E-state index in [9.17, 15) is 5.11 Å². The third kappa shape index (κ3) is 8.37. The van der Waals surface area contributed by atoms with Gasteiger partial charge in [0.25, 0.3) is 0 Å². The van der Waals surface area contributed by atoms with Gasteiger partial charge in [0, 0.05) is 0 Å². The van der Waals surface area contributed by atoms with Gasteiger partial charge in [0.15, 0.2) is 0 Å². The van der Waals surface area contributed by atoms with E-state index in [1.807, 2.05) is 0 Å². The van der Waals surface area contributed by atoms with Crippen molar-refractivity contribution in [2.45, 2.75) is 84.2 Å². The summed E-state index contributed by atoms with van der Waals surface area (Å²) in [6.45, 7) is 1.78. The molecule has 0 amide bonds. The van der Waals surface area contributed by atoms with Gasteiger partial charge in [-0.25, -0.2) is 0 Å². The molecule has 0 fully saturated rings. The minimum absolute atomic E-state index is 0.0102. The van der Waals surface area contributed by atoms with Crippen molar-refractivity contribution in [2.24, 2.45) is 0 Å². The van der Waals surface area contributed by atoms with Crippen molar-refractivity contribution in [3.05, 3.63) is 35.3 Å². The first-order valence-electron chi connectivity index (χ1n) is 10.2. The summed E-state index contributed by atoms with van der Waals surface area (Å²) in [7, 11) is 0. The molecule has 20 heavy (non-hydrogen) atoms. The SMILES string of the molecule is [2H]c1c([2H])c(CCCCCCCCCCCC)c([2H])c([2H])c1CO. The monoisotopic (exact) mass is 280 g/mol. The average molecular weight is 280 g/mol. The molecule has 0 atom stereocenters. The fourth-order valence-electron chi connectivity index (χ4n) is 2.36. The average Bonchev–Trinajstić information content (AvgIpc) is 2.58. The van der Waals surface area contributed by atoms with E-state index in [1.54, 1.807) is 0 Å². The highest BCUT2D eigenvalue weighted by atomic mass is 16.3. The summed E-state index contributed by atoms with van der Waals surface area (Å²) in [4.78, 5) is 0. The second-order valence-electron chi connectivity index (χ2n) is 5.55. The molecule has 0 radical (unpaired) electrons. The Hall–Kier alpha value is -0.820. The molecule has 114 valence electrons. The van der Waals surface area contributed by atoms with Gasteiger partial charge in [0.05, 0.1) is 12.1 Å². The predicted octanol–water partition coefficient (Wildman–Crippen LogP) is 5.64. The van der Waals surface area contributed by atoms with Crippen LogP contribution in [0.25, 0.3) is 0 Å². The van der Waals surface area contributed by atoms with Crippen molar-refractivity contribution in [3.8, 4) is 0 Å². The van der Waals surface area contributed by atoms with Crippen molar-refractivity contribution < 1.29 is 10.6 Å². The first-order valence-corrected chi connectivity index (χ1v) is 8.23. The summed E-state index contributed by atoms with van der Waals surface area (Å²) in [6, 6.07) is -0.173. The maximum atomic E-state index is 9.20. The van der Waals surface area contributed by atoms with Gasteiger partial charge in [-0.15, -0.1) is 0 Å². The van der Waals surface area contributed by atoms with Crippen LogP contribution >= 0.6 is 0 Å². The fraction of sp³-hybridized carbons (Fsp3) is 0.684. The van der Waals surface area contributed by atoms with Gasteiger partial charge in [0.2, 0.25) is 0 Å². The quantitative estimate of drug-likeness (QED) is 0.491. The van der Waals surface area contributed by atoms with Gasteiger partial charge in [-0.2, -0.15) is 0 Å². The minimum Gasteiger partial charge on any atom is -0.392 e. The number of aliphatic hydroxyl groups is 1. The van der Waals surface area contributed by atoms with Crippen LogP contribution in [0.2, 0.25) is 0 Å². The van der Waals surface area contributed by atoms with E-state index in [0.29, 0.717) is 12.0 Å². The van der Waals surface area contributed by atoms with Crippen molar-refractivity contribution >= 4 is 0 Å². The van der Waals surface area contributed by atoms with Crippen LogP contribution in [0.3, 0.4) is 0 Å². The van der Waals surface area contributed by atoms with Crippen LogP contribution in [0.1, 0.15) is 87.7 Å². The summed E-state index contributed by atoms with van der Waals surface area (Å²) in [6.07, 6.45) is 12.9. The highest BCUT2D eigenvalue weighted by Gasteiger charge is 1.96. The van der Waals surface area contributed by atoms with Gasteiger partial charge >= 0.3 is 0 Å². The zero-order valence-electron chi connectivity index (χ0n) is 16.9. The third-order valence-electron chi connectivity index (χ3n) is 3.67. The summed E-state index contributed by atoms with van der Waals surface area (Å²) >= 11 is 0.